The van der Waals surface area contributed by atoms with Crippen LogP contribution in [0.2, 0.25) is 0 Å². The van der Waals surface area contributed by atoms with Crippen LogP contribution in [0.4, 0.5) is 16.2 Å². The summed E-state index contributed by atoms with van der Waals surface area (Å²) in [6.07, 6.45) is 16.7. The third kappa shape index (κ3) is 21.6. The number of ether oxygens (including phenoxy) is 1. The summed E-state index contributed by atoms with van der Waals surface area (Å²) in [5, 5.41) is 35.8. The molecule has 0 unspecified atom stereocenters. The van der Waals surface area contributed by atoms with Gasteiger partial charge in [0.1, 0.15) is 35.9 Å². The molecule has 0 bridgehead atoms. The number of carboxylic acid groups (broad SMARTS) is 3. The molecule has 21 nitrogen and oxygen atoms in total. The number of amides is 3. The standard InChI is InChI=1S/C66H87N5O16S2/c1-65(2)51-24-11-13-26-55(51)70(41-15-17-43-88(81,82)83)57(65)38-32-47-21-19-22-48(33-39-58-66(3,4)52-25-12-14-27-56(52)71(58)42-16-18-44-89(84,85)86)61(47)87-50-35-30-46(31-36-50)45-54(63(78)79)68-59(73)28-10-8-6-5-7-9-23-49(72)34-37-53(62(76)77)69-64(80)67-40-20-29-60(74)75/h11-14,24-27,30-33,35-36,38-39,53-54H,5-10,15-23,28-29,34,37,40-45H2,1-4H3,(H7-,67,68,69,73,74,75,76,77,78,79,80,81,82,83,84,85,86)/p+1/t53-,54+/m1/s1. The van der Waals surface area contributed by atoms with E-state index in [0.717, 1.165) is 70.7 Å². The van der Waals surface area contributed by atoms with E-state index in [2.05, 4.69) is 102 Å². The first-order valence-corrected chi connectivity index (χ1v) is 34.0. The number of para-hydroxylation sites is 2. The van der Waals surface area contributed by atoms with Gasteiger partial charge in [-0.3, -0.25) is 23.5 Å². The van der Waals surface area contributed by atoms with E-state index < -0.39 is 67.1 Å². The lowest BCUT2D eigenvalue weighted by Crippen LogP contribution is -2.46. The molecule has 89 heavy (non-hydrogen) atoms. The minimum atomic E-state index is -4.12. The fourth-order valence-electron chi connectivity index (χ4n) is 11.8. The van der Waals surface area contributed by atoms with Crippen LogP contribution in [0.5, 0.6) is 5.75 Å². The number of ketones is 1. The number of carbonyl (C=O) groups excluding carboxylic acids is 3. The Balaban J connectivity index is 1.12. The Bertz CT molecular complexity index is 3420. The molecule has 2 heterocycles. The van der Waals surface area contributed by atoms with E-state index >= 15 is 0 Å². The molecular weight excluding hydrogens is 1180 g/mol. The van der Waals surface area contributed by atoms with Crippen LogP contribution in [0.3, 0.4) is 0 Å². The first-order valence-electron chi connectivity index (χ1n) is 30.8. The second-order valence-corrected chi connectivity index (χ2v) is 27.3. The number of aliphatic carboxylic acids is 3. The molecule has 0 spiro atoms. The molecule has 2 aliphatic heterocycles. The minimum Gasteiger partial charge on any atom is -0.481 e. The van der Waals surface area contributed by atoms with Gasteiger partial charge in [0.25, 0.3) is 20.2 Å². The molecule has 484 valence electrons. The van der Waals surface area contributed by atoms with Crippen LogP contribution >= 0.6 is 0 Å². The van der Waals surface area contributed by atoms with Crippen LogP contribution in [-0.2, 0) is 61.5 Å². The maximum atomic E-state index is 13.1. The number of carbonyl (C=O) groups is 6. The highest BCUT2D eigenvalue weighted by molar-refractivity contribution is 7.86. The van der Waals surface area contributed by atoms with Gasteiger partial charge in [-0.25, -0.2) is 14.4 Å². The molecule has 2 atom stereocenters. The number of nitrogens with one attached hydrogen (secondary N) is 3. The lowest BCUT2D eigenvalue weighted by atomic mass is 9.81. The lowest BCUT2D eigenvalue weighted by Gasteiger charge is -2.27. The summed E-state index contributed by atoms with van der Waals surface area (Å²) in [5.74, 6) is -3.51. The summed E-state index contributed by atoms with van der Waals surface area (Å²) < 4.78 is 74.6. The van der Waals surface area contributed by atoms with Crippen LogP contribution in [0.1, 0.15) is 166 Å². The number of anilines is 1. The van der Waals surface area contributed by atoms with Crippen molar-refractivity contribution in [3.63, 3.8) is 0 Å². The molecule has 3 aromatic carbocycles. The summed E-state index contributed by atoms with van der Waals surface area (Å²) in [6, 6.07) is 20.2. The normalized spacial score (nSPS) is 16.9. The molecule has 3 amide bonds. The zero-order valence-electron chi connectivity index (χ0n) is 51.5. The Morgan fingerprint density at radius 3 is 1.94 bits per heavy atom. The van der Waals surface area contributed by atoms with Crippen LogP contribution in [-0.4, -0.2) is 130 Å². The fraction of sp³-hybridized carbons (Fsp3) is 0.500. The number of rotatable bonds is 37. The predicted molar refractivity (Wildman–Crippen MR) is 340 cm³/mol. The molecule has 3 aromatic rings. The molecule has 0 radical (unpaired) electrons. The first kappa shape index (κ1) is 70.6. The quantitative estimate of drug-likeness (QED) is 0.0151. The van der Waals surface area contributed by atoms with E-state index in [-0.39, 0.29) is 87.5 Å². The van der Waals surface area contributed by atoms with E-state index in [4.69, 9.17) is 9.84 Å². The van der Waals surface area contributed by atoms with Crippen molar-refractivity contribution in [1.82, 2.24) is 16.0 Å². The number of nitrogens with zero attached hydrogens (tertiary/aromatic N) is 2. The van der Waals surface area contributed by atoms with E-state index in [0.29, 0.717) is 75.1 Å². The average Bonchev–Trinajstić information content (AvgIpc) is 1.82. The van der Waals surface area contributed by atoms with Crippen LogP contribution in [0.25, 0.3) is 0 Å². The van der Waals surface area contributed by atoms with Crippen LogP contribution < -0.4 is 25.6 Å². The number of hydrogen-bond donors (Lipinski definition) is 8. The maximum Gasteiger partial charge on any atom is 0.326 e. The smallest absolute Gasteiger partial charge is 0.326 e. The van der Waals surface area contributed by atoms with Crippen molar-refractivity contribution in [1.29, 1.82) is 0 Å². The summed E-state index contributed by atoms with van der Waals surface area (Å²) in [4.78, 5) is 74.6. The predicted octanol–water partition coefficient (Wildman–Crippen LogP) is 10.3. The van der Waals surface area contributed by atoms with Crippen molar-refractivity contribution in [2.45, 2.75) is 179 Å². The van der Waals surface area contributed by atoms with Gasteiger partial charge in [0.05, 0.1) is 16.9 Å². The minimum absolute atomic E-state index is 0.0159. The van der Waals surface area contributed by atoms with E-state index in [1.807, 2.05) is 24.3 Å². The number of hydrogen-bond acceptors (Lipinski definition) is 12. The number of urea groups is 1. The number of Topliss-reactive ketones (excluding diaryl/α,β-unsaturated/α-hetero) is 1. The van der Waals surface area contributed by atoms with Crippen LogP contribution in [0.15, 0.2) is 120 Å². The molecule has 0 saturated carbocycles. The highest BCUT2D eigenvalue weighted by atomic mass is 32.2. The molecule has 0 saturated heterocycles. The van der Waals surface area contributed by atoms with Gasteiger partial charge in [-0.05, 0) is 131 Å². The highest BCUT2D eigenvalue weighted by Gasteiger charge is 2.44. The monoisotopic (exact) mass is 1270 g/mol. The number of fused-ring (bicyclic) bond motifs is 2. The second kappa shape index (κ2) is 32.8. The second-order valence-electron chi connectivity index (χ2n) is 24.1. The highest BCUT2D eigenvalue weighted by Crippen LogP contribution is 2.48. The summed E-state index contributed by atoms with van der Waals surface area (Å²) in [5.41, 5.74) is 7.96. The van der Waals surface area contributed by atoms with E-state index in [1.54, 1.807) is 24.3 Å². The Morgan fingerprint density at radius 2 is 1.28 bits per heavy atom. The average molecular weight is 1270 g/mol. The molecule has 3 aliphatic rings. The van der Waals surface area contributed by atoms with Crippen molar-refractivity contribution in [2.75, 3.05) is 36.0 Å². The maximum absolute atomic E-state index is 13.1. The Kier molecular flexibility index (Phi) is 26.1. The third-order valence-electron chi connectivity index (χ3n) is 16.5. The molecular formula is C66H88N5O16S2+. The SMILES string of the molecule is CC1(C)C(=CC=C2CCCC(C=CC3=[N+](CCCCS(=O)(=O)O)c4ccccc4C3(C)C)=C2Oc2ccc(C[C@H](NC(=O)CCCCCCCCC(=O)CC[C@@H](NC(=O)NCCCC(=O)O)C(=O)O)C(=O)O)cc2)N(CCCCS(=O)(=O)O)c2ccccc21. The first-order chi connectivity index (χ1) is 42.1. The Hall–Kier alpha value is -7.47. The molecule has 6 rings (SSSR count). The van der Waals surface area contributed by atoms with E-state index in [1.165, 1.54) is 0 Å². The fourth-order valence-corrected chi connectivity index (χ4v) is 12.9. The van der Waals surface area contributed by atoms with Gasteiger partial charge >= 0.3 is 23.9 Å². The number of allylic oxidation sites excluding steroid dienone is 7. The Labute approximate surface area is 523 Å². The van der Waals surface area contributed by atoms with Gasteiger partial charge in [-0.2, -0.15) is 21.4 Å². The Morgan fingerprint density at radius 1 is 0.652 bits per heavy atom. The van der Waals surface area contributed by atoms with Gasteiger partial charge in [-0.15, -0.1) is 0 Å². The molecule has 23 heteroatoms. The van der Waals surface area contributed by atoms with Crippen molar-refractivity contribution >= 4 is 73.0 Å². The zero-order valence-corrected chi connectivity index (χ0v) is 53.1. The summed E-state index contributed by atoms with van der Waals surface area (Å²) in [7, 11) is -8.24. The van der Waals surface area contributed by atoms with Crippen molar-refractivity contribution in [3.05, 3.63) is 136 Å². The summed E-state index contributed by atoms with van der Waals surface area (Å²) in [6.45, 7) is 9.73. The summed E-state index contributed by atoms with van der Waals surface area (Å²) >= 11 is 0. The number of unbranched alkanes of at least 4 members (excludes halogenated alkanes) is 7. The molecule has 0 aromatic heterocycles. The van der Waals surface area contributed by atoms with Crippen molar-refractivity contribution in [2.24, 2.45) is 0 Å². The van der Waals surface area contributed by atoms with Gasteiger partial charge in [0.15, 0.2) is 5.71 Å². The molecule has 8 N–H and O–H groups in total. The van der Waals surface area contributed by atoms with Gasteiger partial charge in [0.2, 0.25) is 11.6 Å². The largest absolute Gasteiger partial charge is 0.481 e. The third-order valence-corrected chi connectivity index (χ3v) is 18.1. The van der Waals surface area contributed by atoms with E-state index in [9.17, 15) is 64.9 Å². The van der Waals surface area contributed by atoms with Gasteiger partial charge in [0, 0.05) is 86.1 Å². The van der Waals surface area contributed by atoms with Crippen molar-refractivity contribution < 1.29 is 79.3 Å². The number of benzene rings is 3. The molecule has 0 fully saturated rings. The topological polar surface area (TPSA) is 323 Å². The molecule has 1 aliphatic carbocycles. The van der Waals surface area contributed by atoms with Gasteiger partial charge in [-0.1, -0.05) is 94.1 Å². The zero-order chi connectivity index (χ0) is 64.9. The van der Waals surface area contributed by atoms with Crippen LogP contribution in [0, 0.1) is 0 Å². The van der Waals surface area contributed by atoms with Crippen molar-refractivity contribution in [3.8, 4) is 5.75 Å². The number of carboxylic acids is 3. The van der Waals surface area contributed by atoms with Gasteiger partial charge < -0.3 is 40.9 Å². The lowest BCUT2D eigenvalue weighted by molar-refractivity contribution is -0.438.